The van der Waals surface area contributed by atoms with Gasteiger partial charge in [0.15, 0.2) is 0 Å². The van der Waals surface area contributed by atoms with E-state index in [4.69, 9.17) is 14.2 Å². The van der Waals surface area contributed by atoms with Crippen molar-refractivity contribution >= 4 is 24.1 Å². The van der Waals surface area contributed by atoms with Gasteiger partial charge in [-0.15, -0.1) is 0 Å². The zero-order valence-corrected chi connectivity index (χ0v) is 18.5. The summed E-state index contributed by atoms with van der Waals surface area (Å²) >= 11 is 0. The van der Waals surface area contributed by atoms with Crippen molar-refractivity contribution in [2.24, 2.45) is 0 Å². The fourth-order valence-electron chi connectivity index (χ4n) is 2.72. The molecule has 1 saturated heterocycles. The second-order valence-electron chi connectivity index (χ2n) is 9.01. The van der Waals surface area contributed by atoms with E-state index in [-0.39, 0.29) is 19.5 Å². The Morgan fingerprint density at radius 2 is 1.59 bits per heavy atom. The Balaban J connectivity index is 2.72. The Bertz CT molecular complexity index is 637. The average molecular weight is 415 g/mol. The second kappa shape index (κ2) is 9.32. The van der Waals surface area contributed by atoms with Crippen LogP contribution in [0.4, 0.5) is 9.59 Å². The molecular weight excluding hydrogens is 382 g/mol. The zero-order valence-electron chi connectivity index (χ0n) is 18.5. The van der Waals surface area contributed by atoms with Gasteiger partial charge in [0.2, 0.25) is 5.91 Å². The molecule has 1 aliphatic heterocycles. The third-order valence-electron chi connectivity index (χ3n) is 3.85. The summed E-state index contributed by atoms with van der Waals surface area (Å²) < 4.78 is 15.3. The number of methoxy groups -OCH3 is 1. The van der Waals surface area contributed by atoms with Gasteiger partial charge < -0.3 is 24.4 Å². The van der Waals surface area contributed by atoms with Crippen molar-refractivity contribution in [2.45, 2.75) is 71.2 Å². The Morgan fingerprint density at radius 1 is 1.03 bits per heavy atom. The fraction of sp³-hybridized carbons (Fsp3) is 0.789. The largest absolute Gasteiger partial charge is 0.467 e. The van der Waals surface area contributed by atoms with Gasteiger partial charge in [-0.25, -0.2) is 14.4 Å². The summed E-state index contributed by atoms with van der Waals surface area (Å²) in [6.45, 7) is 10.2. The van der Waals surface area contributed by atoms with Gasteiger partial charge in [-0.3, -0.25) is 9.69 Å². The molecule has 0 bridgehead atoms. The highest BCUT2D eigenvalue weighted by atomic mass is 16.6. The van der Waals surface area contributed by atoms with Gasteiger partial charge in [-0.1, -0.05) is 0 Å². The lowest BCUT2D eigenvalue weighted by molar-refractivity contribution is -0.145. The molecule has 1 unspecified atom stereocenters. The van der Waals surface area contributed by atoms with Gasteiger partial charge in [-0.05, 0) is 41.5 Å². The second-order valence-corrected chi connectivity index (χ2v) is 9.01. The molecule has 0 aromatic heterocycles. The molecule has 1 fully saturated rings. The van der Waals surface area contributed by atoms with E-state index in [0.717, 1.165) is 4.90 Å². The maximum atomic E-state index is 12.4. The molecular formula is C19H33N3O7. The molecule has 0 saturated carbocycles. The van der Waals surface area contributed by atoms with E-state index in [1.165, 1.54) is 19.1 Å². The van der Waals surface area contributed by atoms with Crippen molar-refractivity contribution < 1.29 is 33.4 Å². The topological polar surface area (TPSA) is 114 Å². The fourth-order valence-corrected chi connectivity index (χ4v) is 2.72. The summed E-state index contributed by atoms with van der Waals surface area (Å²) in [5.74, 6) is -1.02. The maximum absolute atomic E-state index is 12.4. The molecule has 0 aromatic rings. The van der Waals surface area contributed by atoms with E-state index in [1.54, 1.807) is 41.5 Å². The number of amides is 3. The normalized spacial score (nSPS) is 19.4. The van der Waals surface area contributed by atoms with E-state index in [9.17, 15) is 19.2 Å². The standard InChI is InChI=1S/C19H33N3O7/c1-18(2,3)28-16(25)21(7)11-14(23)20-12-9-13(15(24)27-8)22(10-12)17(26)29-19(4,5)6/h12-13H,9-11H2,1-8H3,(H,20,23)/t12?,13-/m0/s1. The first-order chi connectivity index (χ1) is 13.1. The van der Waals surface area contributed by atoms with Crippen LogP contribution in [0.2, 0.25) is 0 Å². The first-order valence-corrected chi connectivity index (χ1v) is 9.44. The van der Waals surface area contributed by atoms with Crippen molar-refractivity contribution in [3.8, 4) is 0 Å². The van der Waals surface area contributed by atoms with Crippen molar-refractivity contribution in [1.82, 2.24) is 15.1 Å². The van der Waals surface area contributed by atoms with Crippen LogP contribution in [0.15, 0.2) is 0 Å². The number of rotatable bonds is 4. The van der Waals surface area contributed by atoms with Gasteiger partial charge in [0, 0.05) is 26.1 Å². The van der Waals surface area contributed by atoms with Crippen molar-refractivity contribution in [3.63, 3.8) is 0 Å². The molecule has 1 aliphatic rings. The summed E-state index contributed by atoms with van der Waals surface area (Å²) in [5.41, 5.74) is -1.40. The van der Waals surface area contributed by atoms with E-state index in [2.05, 4.69) is 5.32 Å². The van der Waals surface area contributed by atoms with Crippen LogP contribution in [0.1, 0.15) is 48.0 Å². The number of hydrogen-bond acceptors (Lipinski definition) is 7. The van der Waals surface area contributed by atoms with Crippen LogP contribution in [0.25, 0.3) is 0 Å². The number of nitrogens with zero attached hydrogens (tertiary/aromatic N) is 2. The van der Waals surface area contributed by atoms with Crippen LogP contribution >= 0.6 is 0 Å². The molecule has 10 heteroatoms. The highest BCUT2D eigenvalue weighted by Gasteiger charge is 2.42. The van der Waals surface area contributed by atoms with Gasteiger partial charge in [0.1, 0.15) is 23.8 Å². The van der Waals surface area contributed by atoms with E-state index in [0.29, 0.717) is 0 Å². The molecule has 0 aliphatic carbocycles. The SMILES string of the molecule is COC(=O)[C@@H]1CC(NC(=O)CN(C)C(=O)OC(C)(C)C)CN1C(=O)OC(C)(C)C. The average Bonchev–Trinajstić information content (AvgIpc) is 2.94. The molecule has 0 radical (unpaired) electrons. The van der Waals surface area contributed by atoms with E-state index in [1.807, 2.05) is 0 Å². The lowest BCUT2D eigenvalue weighted by Gasteiger charge is -2.27. The molecule has 1 N–H and O–H groups in total. The molecule has 3 amide bonds. The maximum Gasteiger partial charge on any atom is 0.411 e. The van der Waals surface area contributed by atoms with Gasteiger partial charge in [0.05, 0.1) is 7.11 Å². The first-order valence-electron chi connectivity index (χ1n) is 9.44. The predicted octanol–water partition coefficient (Wildman–Crippen LogP) is 1.52. The van der Waals surface area contributed by atoms with Crippen molar-refractivity contribution in [1.29, 1.82) is 0 Å². The van der Waals surface area contributed by atoms with Crippen LogP contribution in [0.3, 0.4) is 0 Å². The number of likely N-dealkylation sites (N-methyl/N-ethyl adjacent to an activating group) is 1. The Labute approximate surface area is 171 Å². The molecule has 2 atom stereocenters. The third-order valence-corrected chi connectivity index (χ3v) is 3.85. The van der Waals surface area contributed by atoms with Gasteiger partial charge >= 0.3 is 18.2 Å². The summed E-state index contributed by atoms with van der Waals surface area (Å²) in [6, 6.07) is -1.34. The number of esters is 1. The molecule has 1 heterocycles. The Hall–Kier alpha value is -2.52. The zero-order chi connectivity index (χ0) is 22.6. The van der Waals surface area contributed by atoms with Gasteiger partial charge in [-0.2, -0.15) is 0 Å². The molecule has 1 rings (SSSR count). The number of hydrogen-bond donors (Lipinski definition) is 1. The van der Waals surface area contributed by atoms with Crippen LogP contribution in [-0.4, -0.2) is 84.4 Å². The Kier molecular flexibility index (Phi) is 7.88. The van der Waals surface area contributed by atoms with E-state index >= 15 is 0 Å². The summed E-state index contributed by atoms with van der Waals surface area (Å²) in [6.07, 6.45) is -1.09. The van der Waals surface area contributed by atoms with Gasteiger partial charge in [0.25, 0.3) is 0 Å². The smallest absolute Gasteiger partial charge is 0.411 e. The molecule has 0 spiro atoms. The minimum absolute atomic E-state index is 0.0938. The van der Waals surface area contributed by atoms with E-state index < -0.39 is 47.3 Å². The number of carbonyl (C=O) groups is 4. The summed E-state index contributed by atoms with van der Waals surface area (Å²) in [4.78, 5) is 51.2. The highest BCUT2D eigenvalue weighted by molar-refractivity contribution is 5.84. The predicted molar refractivity (Wildman–Crippen MR) is 104 cm³/mol. The number of likely N-dealkylation sites (tertiary alicyclic amines) is 1. The monoisotopic (exact) mass is 415 g/mol. The van der Waals surface area contributed by atoms with Crippen LogP contribution in [0, 0.1) is 0 Å². The number of carbonyl (C=O) groups excluding carboxylic acids is 4. The summed E-state index contributed by atoms with van der Waals surface area (Å²) in [7, 11) is 2.68. The lowest BCUT2D eigenvalue weighted by atomic mass is 10.1. The van der Waals surface area contributed by atoms with Crippen LogP contribution in [-0.2, 0) is 23.8 Å². The minimum Gasteiger partial charge on any atom is -0.467 e. The Morgan fingerprint density at radius 3 is 2.07 bits per heavy atom. The molecule has 29 heavy (non-hydrogen) atoms. The van der Waals surface area contributed by atoms with Crippen molar-refractivity contribution in [2.75, 3.05) is 27.2 Å². The molecule has 10 nitrogen and oxygen atoms in total. The number of nitrogens with one attached hydrogen (secondary N) is 1. The first kappa shape index (κ1) is 24.5. The van der Waals surface area contributed by atoms with Crippen LogP contribution in [0.5, 0.6) is 0 Å². The van der Waals surface area contributed by atoms with Crippen LogP contribution < -0.4 is 5.32 Å². The van der Waals surface area contributed by atoms with Crippen molar-refractivity contribution in [3.05, 3.63) is 0 Å². The molecule has 0 aromatic carbocycles. The number of ether oxygens (including phenoxy) is 3. The minimum atomic E-state index is -0.858. The third kappa shape index (κ3) is 8.16. The quantitative estimate of drug-likeness (QED) is 0.547. The molecule has 166 valence electrons. The summed E-state index contributed by atoms with van der Waals surface area (Å²) in [5, 5.41) is 2.74. The lowest BCUT2D eigenvalue weighted by Crippen LogP contribution is -2.46. The highest BCUT2D eigenvalue weighted by Crippen LogP contribution is 2.22.